The molecular formula is C68H97F13O16. The number of unbranched alkanes of at least 4 members (excludes halogenated alkanes) is 1. The summed E-state index contributed by atoms with van der Waals surface area (Å²) in [4.78, 5) is 88.0. The lowest BCUT2D eigenvalue weighted by molar-refractivity contribution is -0.314. The number of fused-ring (bicyclic) bond motifs is 7. The molecule has 0 amide bonds. The molecule has 0 radical (unpaired) electrons. The maximum atomic E-state index is 12.0. The second-order valence-electron chi connectivity index (χ2n) is 26.3. The molecule has 29 heteroatoms. The third kappa shape index (κ3) is 29.7. The highest BCUT2D eigenvalue weighted by Gasteiger charge is 2.64. The molecule has 9 atom stereocenters. The van der Waals surface area contributed by atoms with Crippen molar-refractivity contribution in [2.75, 3.05) is 19.8 Å². The van der Waals surface area contributed by atoms with E-state index in [4.69, 9.17) is 18.9 Å². The lowest BCUT2D eigenvalue weighted by atomic mass is 9.70. The van der Waals surface area contributed by atoms with E-state index in [9.17, 15) is 95.4 Å². The number of carbonyl (C=O) groups excluding carboxylic acids is 8. The molecule has 556 valence electrons. The van der Waals surface area contributed by atoms with Gasteiger partial charge >= 0.3 is 72.5 Å². The fourth-order valence-corrected chi connectivity index (χ4v) is 11.8. The van der Waals surface area contributed by atoms with Crippen molar-refractivity contribution < 1.29 is 133 Å². The van der Waals surface area contributed by atoms with Crippen molar-refractivity contribution in [2.45, 2.75) is 229 Å². The number of esters is 8. The first-order valence-corrected chi connectivity index (χ1v) is 31.6. The number of alkyl halides is 12. The van der Waals surface area contributed by atoms with Crippen LogP contribution in [0.2, 0.25) is 0 Å². The lowest BCUT2D eigenvalue weighted by Gasteiger charge is -2.38. The highest BCUT2D eigenvalue weighted by molar-refractivity contribution is 5.89. The molecular weight excluding hydrogens is 1320 g/mol. The maximum absolute atomic E-state index is 12.0. The molecule has 0 saturated heterocycles. The number of hydrogen-bond donors (Lipinski definition) is 0. The Morgan fingerprint density at radius 1 is 0.505 bits per heavy atom. The standard InChI is InChI=1S/C14H20O2.C14H22O2.C12H22O2.C11H20O2.C9H8F6O4.C8H5F7O4/c1-8(2)14(15)16-13-7-9-6-12(13)11-5-3-4-10(9)11;1-9(2)12(15)16-11-8-10-6-7-14(11,5)13(10,3)4;1-5-7-8-11(6-2)9-14-12(13)10(3)4;1-7(2)10(8(3)4)13-11(12)9(5)6;1-4(2)6(17)18-3-5(16)19-7(8(10,11)12)9(13,14)15;1-3(9)5(17)18-2-4(16)19-6(7(10,11)12)8(13,14)15/h9-13H,1,3-7H2,2H3;10-11H,1,6-8H2,2-5H3;11H,3,5-9H2,1-2,4H3;7-8,10H,5H2,1-4,6H3;7H,1,3H2,2H3;6H,1-2H2. The van der Waals surface area contributed by atoms with Crippen LogP contribution in [0.25, 0.3) is 0 Å². The first kappa shape index (κ1) is 90.3. The number of rotatable bonds is 23. The summed E-state index contributed by atoms with van der Waals surface area (Å²) in [5.41, 5.74) is 2.25. The quantitative estimate of drug-likeness (QED) is 0.0403. The Balaban J connectivity index is 0.00000115. The van der Waals surface area contributed by atoms with Crippen LogP contribution in [-0.4, -0.2) is 123 Å². The van der Waals surface area contributed by atoms with Crippen LogP contribution < -0.4 is 0 Å². The second kappa shape index (κ2) is 39.2. The molecule has 5 fully saturated rings. The molecule has 0 aromatic carbocycles. The zero-order valence-corrected chi connectivity index (χ0v) is 57.8. The van der Waals surface area contributed by atoms with Crippen molar-refractivity contribution in [3.63, 3.8) is 0 Å². The molecule has 16 nitrogen and oxygen atoms in total. The minimum atomic E-state index is -5.89. The van der Waals surface area contributed by atoms with Crippen LogP contribution in [0.4, 0.5) is 57.1 Å². The van der Waals surface area contributed by atoms with E-state index < -0.39 is 79.8 Å². The van der Waals surface area contributed by atoms with Crippen molar-refractivity contribution in [1.82, 2.24) is 0 Å². The summed E-state index contributed by atoms with van der Waals surface area (Å²) in [5.74, 6) is -4.47. The van der Waals surface area contributed by atoms with E-state index in [0.717, 1.165) is 43.4 Å². The largest absolute Gasteiger partial charge is 0.462 e. The van der Waals surface area contributed by atoms with E-state index in [1.807, 2.05) is 0 Å². The average molecular weight is 1420 g/mol. The van der Waals surface area contributed by atoms with E-state index in [1.165, 1.54) is 58.3 Å². The van der Waals surface area contributed by atoms with Crippen molar-refractivity contribution in [3.8, 4) is 0 Å². The zero-order chi connectivity index (χ0) is 75.9. The summed E-state index contributed by atoms with van der Waals surface area (Å²) >= 11 is 0. The number of carbonyl (C=O) groups is 8. The smallest absolute Gasteiger partial charge is 0.434 e. The highest BCUT2D eigenvalue weighted by atomic mass is 19.4. The van der Waals surface area contributed by atoms with Crippen molar-refractivity contribution in [2.24, 2.45) is 58.2 Å². The van der Waals surface area contributed by atoms with Crippen molar-refractivity contribution in [3.05, 3.63) is 73.2 Å². The Morgan fingerprint density at radius 3 is 1.28 bits per heavy atom. The fraction of sp³-hybridized carbons (Fsp3) is 0.706. The van der Waals surface area contributed by atoms with Crippen LogP contribution in [-0.2, 0) is 76.3 Å². The summed E-state index contributed by atoms with van der Waals surface area (Å²) in [5, 5.41) is 0. The molecule has 5 saturated carbocycles. The highest BCUT2D eigenvalue weighted by Crippen LogP contribution is 2.66. The first-order chi connectivity index (χ1) is 44.1. The zero-order valence-electron chi connectivity index (χ0n) is 57.8. The third-order valence-corrected chi connectivity index (χ3v) is 17.4. The van der Waals surface area contributed by atoms with Crippen molar-refractivity contribution >= 4 is 47.8 Å². The van der Waals surface area contributed by atoms with Crippen molar-refractivity contribution in [1.29, 1.82) is 0 Å². The van der Waals surface area contributed by atoms with Gasteiger partial charge in [-0.15, -0.1) is 0 Å². The minimum Gasteiger partial charge on any atom is -0.462 e. The monoisotopic (exact) mass is 1420 g/mol. The molecule has 0 N–H and O–H groups in total. The molecule has 5 aliphatic carbocycles. The molecule has 97 heavy (non-hydrogen) atoms. The van der Waals surface area contributed by atoms with E-state index in [1.54, 1.807) is 27.7 Å². The van der Waals surface area contributed by atoms with Crippen LogP contribution in [0.1, 0.15) is 174 Å². The van der Waals surface area contributed by atoms with Gasteiger partial charge in [-0.05, 0) is 139 Å². The van der Waals surface area contributed by atoms with Gasteiger partial charge in [0, 0.05) is 33.3 Å². The predicted molar refractivity (Wildman–Crippen MR) is 330 cm³/mol. The molecule has 0 heterocycles. The molecule has 0 aromatic heterocycles. The molecule has 5 rings (SSSR count). The minimum absolute atomic E-state index is 0.0100. The van der Waals surface area contributed by atoms with Gasteiger partial charge in [-0.2, -0.15) is 57.1 Å². The van der Waals surface area contributed by atoms with E-state index >= 15 is 0 Å². The third-order valence-electron chi connectivity index (χ3n) is 17.4. The van der Waals surface area contributed by atoms with E-state index in [0.29, 0.717) is 63.9 Å². The first-order valence-electron chi connectivity index (χ1n) is 31.6. The Morgan fingerprint density at radius 2 is 0.918 bits per heavy atom. The Hall–Kier alpha value is -6.71. The summed E-state index contributed by atoms with van der Waals surface area (Å²) in [6, 6.07) is 0. The van der Waals surface area contributed by atoms with Gasteiger partial charge in [-0.25, -0.2) is 38.4 Å². The average Bonchev–Trinajstić information content (AvgIpc) is 1.56. The Kier molecular flexibility index (Phi) is 36.5. The fourth-order valence-electron chi connectivity index (χ4n) is 11.8. The van der Waals surface area contributed by atoms with Gasteiger partial charge in [0.1, 0.15) is 18.3 Å². The second-order valence-corrected chi connectivity index (χ2v) is 26.3. The Bertz CT molecular complexity index is 2640. The number of ether oxygens (including phenoxy) is 8. The summed E-state index contributed by atoms with van der Waals surface area (Å²) in [7, 11) is 0. The molecule has 0 spiro atoms. The lowest BCUT2D eigenvalue weighted by Crippen LogP contribution is -2.46. The molecule has 5 aliphatic rings. The van der Waals surface area contributed by atoms with Gasteiger partial charge < -0.3 is 37.9 Å². The van der Waals surface area contributed by atoms with E-state index in [-0.39, 0.29) is 53.2 Å². The summed E-state index contributed by atoms with van der Waals surface area (Å²) in [6.45, 7) is 44.8. The predicted octanol–water partition coefficient (Wildman–Crippen LogP) is 16.6. The van der Waals surface area contributed by atoms with Gasteiger partial charge in [0.15, 0.2) is 13.2 Å². The molecule has 0 aromatic rings. The SMILES string of the molecule is C=C(C)C(=O)OC(C(C)C)C(C)C.C=C(C)C(=O)OC1CC2CC1C1CCCC21.C=C(C)C(=O)OC1CC2CCC1(C)C2(C)C.C=C(C)C(=O)OCC(=O)OC(C(F)(F)F)C(F)(F)F.C=C(C)C(=O)OCC(CC)CCCC.C=C(F)C(=O)OCC(=O)OC(C(F)(F)F)C(F)(F)F. The molecule has 0 aliphatic heterocycles. The molecule has 4 bridgehead atoms. The van der Waals surface area contributed by atoms with Gasteiger partial charge in [0.2, 0.25) is 5.83 Å². The van der Waals surface area contributed by atoms with Gasteiger partial charge in [0.05, 0.1) is 6.61 Å². The summed E-state index contributed by atoms with van der Waals surface area (Å²) in [6.07, 6.45) is -17.0. The van der Waals surface area contributed by atoms with Crippen LogP contribution >= 0.6 is 0 Å². The Labute approximate surface area is 559 Å². The number of hydrogen-bond acceptors (Lipinski definition) is 16. The maximum Gasteiger partial charge on any atom is 0.434 e. The number of halogens is 13. The van der Waals surface area contributed by atoms with Crippen LogP contribution in [0.15, 0.2) is 73.2 Å². The topological polar surface area (TPSA) is 210 Å². The molecule has 9 unspecified atom stereocenters. The van der Waals surface area contributed by atoms with Crippen LogP contribution in [0.3, 0.4) is 0 Å². The van der Waals surface area contributed by atoms with E-state index in [2.05, 4.69) is 121 Å². The van der Waals surface area contributed by atoms with Crippen LogP contribution in [0, 0.1) is 58.2 Å². The normalized spacial score (nSPS) is 21.9. The van der Waals surface area contributed by atoms with Gasteiger partial charge in [-0.1, -0.05) is 127 Å². The van der Waals surface area contributed by atoms with Gasteiger partial charge in [0.25, 0.3) is 12.2 Å². The van der Waals surface area contributed by atoms with Crippen LogP contribution in [0.5, 0.6) is 0 Å². The summed E-state index contributed by atoms with van der Waals surface area (Å²) < 4.78 is 191. The van der Waals surface area contributed by atoms with Gasteiger partial charge in [-0.3, -0.25) is 0 Å².